The van der Waals surface area contributed by atoms with E-state index in [1.807, 2.05) is 34.6 Å². The minimum absolute atomic E-state index is 0.120. The van der Waals surface area contributed by atoms with Gasteiger partial charge < -0.3 is 19.7 Å². The number of hydrogen-bond acceptors (Lipinski definition) is 4. The van der Waals surface area contributed by atoms with Crippen LogP contribution in [-0.4, -0.2) is 55.5 Å². The van der Waals surface area contributed by atoms with Crippen LogP contribution in [0.3, 0.4) is 0 Å². The molecule has 0 aromatic rings. The van der Waals surface area contributed by atoms with Gasteiger partial charge in [0.1, 0.15) is 5.60 Å². The number of methoxy groups -OCH3 is 1. The molecule has 0 heterocycles. The van der Waals surface area contributed by atoms with Gasteiger partial charge in [0, 0.05) is 32.3 Å². The fourth-order valence-electron chi connectivity index (χ4n) is 1.79. The molecule has 0 aliphatic carbocycles. The van der Waals surface area contributed by atoms with Gasteiger partial charge in [-0.05, 0) is 41.0 Å². The number of nitrogens with one attached hydrogen (secondary N) is 1. The summed E-state index contributed by atoms with van der Waals surface area (Å²) in [5.74, 6) is 0. The van der Waals surface area contributed by atoms with Crippen LogP contribution in [0.25, 0.3) is 0 Å². The minimum atomic E-state index is -0.459. The van der Waals surface area contributed by atoms with E-state index in [-0.39, 0.29) is 12.1 Å². The highest BCUT2D eigenvalue weighted by Crippen LogP contribution is 2.11. The number of carbonyl (C=O) groups excluding carboxylic acids is 1. The normalized spacial score (nSPS) is 13.4. The Labute approximate surface area is 124 Å². The largest absolute Gasteiger partial charge is 0.444 e. The van der Waals surface area contributed by atoms with Gasteiger partial charge in [0.2, 0.25) is 0 Å². The van der Waals surface area contributed by atoms with Gasteiger partial charge in [-0.2, -0.15) is 0 Å². The molecule has 1 unspecified atom stereocenters. The van der Waals surface area contributed by atoms with Crippen molar-refractivity contribution >= 4 is 6.09 Å². The minimum Gasteiger partial charge on any atom is -0.444 e. The predicted octanol–water partition coefficient (Wildman–Crippen LogP) is 2.65. The quantitative estimate of drug-likeness (QED) is 0.746. The Bertz CT molecular complexity index is 275. The van der Waals surface area contributed by atoms with Crippen molar-refractivity contribution in [3.63, 3.8) is 0 Å². The van der Waals surface area contributed by atoms with Gasteiger partial charge >= 0.3 is 6.09 Å². The average molecular weight is 288 g/mol. The summed E-state index contributed by atoms with van der Waals surface area (Å²) in [5.41, 5.74) is -0.459. The van der Waals surface area contributed by atoms with Crippen molar-refractivity contribution in [1.82, 2.24) is 10.2 Å². The summed E-state index contributed by atoms with van der Waals surface area (Å²) >= 11 is 0. The molecule has 5 nitrogen and oxygen atoms in total. The first-order valence-corrected chi connectivity index (χ1v) is 7.43. The lowest BCUT2D eigenvalue weighted by Crippen LogP contribution is -2.46. The Morgan fingerprint density at radius 3 is 2.30 bits per heavy atom. The lowest BCUT2D eigenvalue weighted by Gasteiger charge is -2.30. The van der Waals surface area contributed by atoms with Crippen molar-refractivity contribution in [3.05, 3.63) is 0 Å². The SMILES string of the molecule is CCC(COC)NCCN(C(=O)OC(C)(C)C)C(C)C. The number of carbonyl (C=O) groups is 1. The molecule has 0 saturated carbocycles. The second kappa shape index (κ2) is 9.19. The molecule has 0 radical (unpaired) electrons. The Kier molecular flexibility index (Phi) is 8.81. The lowest BCUT2D eigenvalue weighted by molar-refractivity contribution is 0.0190. The third kappa shape index (κ3) is 8.38. The molecule has 0 saturated heterocycles. The van der Waals surface area contributed by atoms with Gasteiger partial charge in [0.15, 0.2) is 0 Å². The molecule has 1 N–H and O–H groups in total. The van der Waals surface area contributed by atoms with Gasteiger partial charge in [-0.15, -0.1) is 0 Å². The van der Waals surface area contributed by atoms with Gasteiger partial charge in [-0.1, -0.05) is 6.92 Å². The van der Waals surface area contributed by atoms with Crippen LogP contribution in [0.2, 0.25) is 0 Å². The standard InChI is InChI=1S/C15H32N2O3/c1-8-13(11-19-7)16-9-10-17(12(2)3)14(18)20-15(4,5)6/h12-13,16H,8-11H2,1-7H3. The molecule has 0 fully saturated rings. The molecule has 120 valence electrons. The van der Waals surface area contributed by atoms with Gasteiger partial charge in [-0.25, -0.2) is 4.79 Å². The number of amides is 1. The first-order valence-electron chi connectivity index (χ1n) is 7.43. The molecule has 0 aromatic heterocycles. The van der Waals surface area contributed by atoms with E-state index < -0.39 is 5.60 Å². The van der Waals surface area contributed by atoms with E-state index in [1.54, 1.807) is 12.0 Å². The fraction of sp³-hybridized carbons (Fsp3) is 0.933. The molecule has 0 bridgehead atoms. The zero-order valence-corrected chi connectivity index (χ0v) is 14.2. The second-order valence-electron chi connectivity index (χ2n) is 6.28. The Balaban J connectivity index is 4.31. The summed E-state index contributed by atoms with van der Waals surface area (Å²) < 4.78 is 10.6. The van der Waals surface area contributed by atoms with Crippen molar-refractivity contribution in [2.45, 2.75) is 65.6 Å². The highest BCUT2D eigenvalue weighted by atomic mass is 16.6. The van der Waals surface area contributed by atoms with Crippen LogP contribution >= 0.6 is 0 Å². The first kappa shape index (κ1) is 19.2. The molecule has 0 aromatic carbocycles. The van der Waals surface area contributed by atoms with Gasteiger partial charge in [0.25, 0.3) is 0 Å². The molecule has 5 heteroatoms. The molecular formula is C15H32N2O3. The third-order valence-corrected chi connectivity index (χ3v) is 2.90. The summed E-state index contributed by atoms with van der Waals surface area (Å²) in [6.45, 7) is 13.8. The summed E-state index contributed by atoms with van der Waals surface area (Å²) in [5, 5.41) is 3.40. The Hall–Kier alpha value is -0.810. The van der Waals surface area contributed by atoms with Crippen LogP contribution in [0.1, 0.15) is 48.0 Å². The van der Waals surface area contributed by atoms with Crippen LogP contribution in [0.5, 0.6) is 0 Å². The molecule has 1 amide bonds. The van der Waals surface area contributed by atoms with E-state index in [1.165, 1.54) is 0 Å². The number of hydrogen-bond donors (Lipinski definition) is 1. The molecule has 0 aliphatic heterocycles. The predicted molar refractivity (Wildman–Crippen MR) is 82.0 cm³/mol. The molecule has 20 heavy (non-hydrogen) atoms. The summed E-state index contributed by atoms with van der Waals surface area (Å²) in [7, 11) is 1.70. The van der Waals surface area contributed by atoms with Crippen molar-refractivity contribution in [3.8, 4) is 0 Å². The molecule has 0 spiro atoms. The number of ether oxygens (including phenoxy) is 2. The fourth-order valence-corrected chi connectivity index (χ4v) is 1.79. The summed E-state index contributed by atoms with van der Waals surface area (Å²) in [6.07, 6.45) is 0.746. The zero-order chi connectivity index (χ0) is 15.8. The summed E-state index contributed by atoms with van der Waals surface area (Å²) in [6, 6.07) is 0.446. The van der Waals surface area contributed by atoms with Crippen LogP contribution < -0.4 is 5.32 Å². The number of rotatable bonds is 8. The van der Waals surface area contributed by atoms with Crippen LogP contribution in [0.15, 0.2) is 0 Å². The molecule has 0 rings (SSSR count). The first-order chi connectivity index (χ1) is 9.21. The van der Waals surface area contributed by atoms with E-state index in [0.717, 1.165) is 13.0 Å². The highest BCUT2D eigenvalue weighted by molar-refractivity contribution is 5.68. The molecule has 1 atom stereocenters. The van der Waals surface area contributed by atoms with Crippen molar-refractivity contribution in [2.24, 2.45) is 0 Å². The van der Waals surface area contributed by atoms with Crippen molar-refractivity contribution in [1.29, 1.82) is 0 Å². The van der Waals surface area contributed by atoms with E-state index in [4.69, 9.17) is 9.47 Å². The average Bonchev–Trinajstić information content (AvgIpc) is 2.30. The van der Waals surface area contributed by atoms with E-state index in [9.17, 15) is 4.79 Å². The maximum Gasteiger partial charge on any atom is 0.410 e. The summed E-state index contributed by atoms with van der Waals surface area (Å²) in [4.78, 5) is 13.9. The van der Waals surface area contributed by atoms with Crippen LogP contribution in [0, 0.1) is 0 Å². The van der Waals surface area contributed by atoms with Crippen LogP contribution in [-0.2, 0) is 9.47 Å². The molecule has 0 aliphatic rings. The topological polar surface area (TPSA) is 50.8 Å². The zero-order valence-electron chi connectivity index (χ0n) is 14.2. The van der Waals surface area contributed by atoms with E-state index >= 15 is 0 Å². The van der Waals surface area contributed by atoms with Crippen molar-refractivity contribution in [2.75, 3.05) is 26.8 Å². The smallest absolute Gasteiger partial charge is 0.410 e. The Morgan fingerprint density at radius 1 is 1.30 bits per heavy atom. The lowest BCUT2D eigenvalue weighted by atomic mass is 10.2. The molecular weight excluding hydrogens is 256 g/mol. The van der Waals surface area contributed by atoms with Crippen LogP contribution in [0.4, 0.5) is 4.79 Å². The van der Waals surface area contributed by atoms with Gasteiger partial charge in [-0.3, -0.25) is 0 Å². The van der Waals surface area contributed by atoms with E-state index in [2.05, 4.69) is 12.2 Å². The number of nitrogens with zero attached hydrogens (tertiary/aromatic N) is 1. The second-order valence-corrected chi connectivity index (χ2v) is 6.28. The maximum atomic E-state index is 12.1. The third-order valence-electron chi connectivity index (χ3n) is 2.90. The van der Waals surface area contributed by atoms with Crippen molar-refractivity contribution < 1.29 is 14.3 Å². The highest BCUT2D eigenvalue weighted by Gasteiger charge is 2.23. The Morgan fingerprint density at radius 2 is 1.90 bits per heavy atom. The monoisotopic (exact) mass is 288 g/mol. The maximum absolute atomic E-state index is 12.1. The van der Waals surface area contributed by atoms with Gasteiger partial charge in [0.05, 0.1) is 6.61 Å². The van der Waals surface area contributed by atoms with E-state index in [0.29, 0.717) is 19.2 Å².